The highest BCUT2D eigenvalue weighted by atomic mass is 79.9. The van der Waals surface area contributed by atoms with Crippen LogP contribution in [0.3, 0.4) is 0 Å². The van der Waals surface area contributed by atoms with E-state index in [0.29, 0.717) is 0 Å². The van der Waals surface area contributed by atoms with Crippen LogP contribution in [-0.2, 0) is 7.05 Å². The van der Waals surface area contributed by atoms with Crippen molar-refractivity contribution < 1.29 is 9.26 Å². The Labute approximate surface area is 120 Å². The number of aromatic nitrogens is 1. The quantitative estimate of drug-likeness (QED) is 0.648. The molecular weight excluding hydrogens is 302 g/mol. The Morgan fingerprint density at radius 2 is 1.58 bits per heavy atom. The molecule has 0 unspecified atom stereocenters. The van der Waals surface area contributed by atoms with Crippen molar-refractivity contribution in [2.45, 2.75) is 0 Å². The van der Waals surface area contributed by atoms with Gasteiger partial charge in [-0.2, -0.15) is 0 Å². The Hall–Kier alpha value is -1.87. The third-order valence-corrected chi connectivity index (χ3v) is 3.57. The molecule has 0 N–H and O–H groups in total. The van der Waals surface area contributed by atoms with Crippen molar-refractivity contribution in [3.63, 3.8) is 0 Å². The molecule has 2 nitrogen and oxygen atoms in total. The number of rotatable bonds is 2. The fraction of sp³-hybridized carbons (Fsp3) is 0.0625. The molecule has 19 heavy (non-hydrogen) atoms. The first-order valence-corrected chi connectivity index (χ1v) is 6.85. The molecule has 0 saturated heterocycles. The van der Waals surface area contributed by atoms with E-state index in [2.05, 4.69) is 34.1 Å². The third kappa shape index (κ3) is 2.47. The van der Waals surface area contributed by atoms with E-state index in [1.807, 2.05) is 49.5 Å². The largest absolute Gasteiger partial charge is 0.262 e. The van der Waals surface area contributed by atoms with E-state index >= 15 is 0 Å². The lowest BCUT2D eigenvalue weighted by atomic mass is 10.1. The molecular formula is C16H13BrNO+. The summed E-state index contributed by atoms with van der Waals surface area (Å²) in [6, 6.07) is 20.4. The maximum absolute atomic E-state index is 5.80. The van der Waals surface area contributed by atoms with E-state index in [0.717, 1.165) is 27.1 Å². The highest BCUT2D eigenvalue weighted by molar-refractivity contribution is 9.10. The Morgan fingerprint density at radius 3 is 2.26 bits per heavy atom. The van der Waals surface area contributed by atoms with Crippen molar-refractivity contribution in [2.75, 3.05) is 0 Å². The summed E-state index contributed by atoms with van der Waals surface area (Å²) in [6.45, 7) is 0. The van der Waals surface area contributed by atoms with Crippen molar-refractivity contribution in [3.8, 4) is 22.6 Å². The van der Waals surface area contributed by atoms with Gasteiger partial charge in [-0.1, -0.05) is 34.1 Å². The lowest BCUT2D eigenvalue weighted by molar-refractivity contribution is -0.834. The summed E-state index contributed by atoms with van der Waals surface area (Å²) in [6.07, 6.45) is 0. The van der Waals surface area contributed by atoms with Crippen molar-refractivity contribution in [2.24, 2.45) is 7.05 Å². The van der Waals surface area contributed by atoms with Crippen molar-refractivity contribution >= 4 is 15.9 Å². The lowest BCUT2D eigenvalue weighted by Gasteiger charge is -1.92. The molecule has 94 valence electrons. The first-order valence-electron chi connectivity index (χ1n) is 6.06. The average Bonchev–Trinajstić information content (AvgIpc) is 2.83. The molecule has 3 rings (SSSR count). The predicted octanol–water partition coefficient (Wildman–Crippen LogP) is 4.20. The molecule has 0 aliphatic heterocycles. The summed E-state index contributed by atoms with van der Waals surface area (Å²) in [7, 11) is 1.92. The fourth-order valence-electron chi connectivity index (χ4n) is 2.06. The van der Waals surface area contributed by atoms with Crippen LogP contribution >= 0.6 is 15.9 Å². The number of aryl methyl sites for hydroxylation is 1. The van der Waals surface area contributed by atoms with E-state index < -0.39 is 0 Å². The van der Waals surface area contributed by atoms with Gasteiger partial charge in [0.2, 0.25) is 5.76 Å². The second kappa shape index (κ2) is 5.02. The summed E-state index contributed by atoms with van der Waals surface area (Å²) in [5.41, 5.74) is 3.29. The van der Waals surface area contributed by atoms with Gasteiger partial charge in [-0.05, 0) is 41.1 Å². The molecule has 3 aromatic rings. The maximum atomic E-state index is 5.80. The van der Waals surface area contributed by atoms with Gasteiger partial charge < -0.3 is 0 Å². The molecule has 0 bridgehead atoms. The van der Waals surface area contributed by atoms with Gasteiger partial charge in [-0.25, -0.2) is 4.52 Å². The molecule has 0 aliphatic carbocycles. The van der Waals surface area contributed by atoms with Crippen LogP contribution in [0.2, 0.25) is 0 Å². The van der Waals surface area contributed by atoms with Crippen LogP contribution in [0.25, 0.3) is 22.6 Å². The van der Waals surface area contributed by atoms with E-state index in [4.69, 9.17) is 4.52 Å². The van der Waals surface area contributed by atoms with Gasteiger partial charge >= 0.3 is 0 Å². The van der Waals surface area contributed by atoms with Gasteiger partial charge in [0.15, 0.2) is 7.05 Å². The third-order valence-electron chi connectivity index (χ3n) is 3.04. The number of hydrogen-bond acceptors (Lipinski definition) is 1. The van der Waals surface area contributed by atoms with Crippen LogP contribution in [-0.4, -0.2) is 0 Å². The average molecular weight is 315 g/mol. The first-order chi connectivity index (χ1) is 9.24. The molecule has 1 heterocycles. The van der Waals surface area contributed by atoms with Gasteiger partial charge in [0, 0.05) is 10.0 Å². The van der Waals surface area contributed by atoms with Crippen molar-refractivity contribution in [3.05, 3.63) is 65.1 Å². The molecule has 0 radical (unpaired) electrons. The standard InChI is InChI=1S/C16H13BrNO/c1-18-15(12-5-3-2-4-6-12)11-16(19-18)13-7-9-14(17)10-8-13/h2-11H,1H3/q+1. The van der Waals surface area contributed by atoms with Gasteiger partial charge in [0.1, 0.15) is 0 Å². The zero-order valence-corrected chi connectivity index (χ0v) is 12.1. The molecule has 2 aromatic carbocycles. The molecule has 3 heteroatoms. The number of hydrogen-bond donors (Lipinski definition) is 0. The van der Waals surface area contributed by atoms with E-state index in [1.165, 1.54) is 0 Å². The second-order valence-corrected chi connectivity index (χ2v) is 5.27. The molecule has 1 aromatic heterocycles. The van der Waals surface area contributed by atoms with Gasteiger partial charge in [-0.3, -0.25) is 0 Å². The van der Waals surface area contributed by atoms with Crippen molar-refractivity contribution in [1.29, 1.82) is 0 Å². The molecule has 0 amide bonds. The summed E-state index contributed by atoms with van der Waals surface area (Å²) in [5, 5.41) is 0. The Bertz CT molecular complexity index is 687. The number of halogens is 1. The van der Waals surface area contributed by atoms with Crippen molar-refractivity contribution in [1.82, 2.24) is 0 Å². The SMILES string of the molecule is C[n+]1oc(-c2ccc(Br)cc2)cc1-c1ccccc1. The molecule has 0 fully saturated rings. The predicted molar refractivity (Wildman–Crippen MR) is 78.5 cm³/mol. The summed E-state index contributed by atoms with van der Waals surface area (Å²) < 4.78 is 8.66. The van der Waals surface area contributed by atoms with Crippen LogP contribution in [0.5, 0.6) is 0 Å². The molecule has 0 atom stereocenters. The summed E-state index contributed by atoms with van der Waals surface area (Å²) in [5.74, 6) is 0.869. The normalized spacial score (nSPS) is 10.6. The molecule has 0 spiro atoms. The van der Waals surface area contributed by atoms with E-state index in [1.54, 1.807) is 4.74 Å². The van der Waals surface area contributed by atoms with Gasteiger partial charge in [-0.15, -0.1) is 0 Å². The smallest absolute Gasteiger partial charge is 0.236 e. The van der Waals surface area contributed by atoms with Crippen LogP contribution in [0.1, 0.15) is 0 Å². The van der Waals surface area contributed by atoms with Gasteiger partial charge in [0.05, 0.1) is 11.6 Å². The minimum atomic E-state index is 0.869. The second-order valence-electron chi connectivity index (χ2n) is 4.36. The fourth-order valence-corrected chi connectivity index (χ4v) is 2.33. The number of nitrogens with zero attached hydrogens (tertiary/aromatic N) is 1. The zero-order chi connectivity index (χ0) is 13.2. The Morgan fingerprint density at radius 1 is 0.895 bits per heavy atom. The molecule has 0 aliphatic rings. The first kappa shape index (κ1) is 12.2. The summed E-state index contributed by atoms with van der Waals surface area (Å²) in [4.78, 5) is 0. The summed E-state index contributed by atoms with van der Waals surface area (Å²) >= 11 is 3.44. The van der Waals surface area contributed by atoms with E-state index in [-0.39, 0.29) is 0 Å². The topological polar surface area (TPSA) is 17.0 Å². The highest BCUT2D eigenvalue weighted by Gasteiger charge is 2.18. The van der Waals surface area contributed by atoms with E-state index in [9.17, 15) is 0 Å². The lowest BCUT2D eigenvalue weighted by Crippen LogP contribution is -2.26. The Balaban J connectivity index is 2.04. The minimum Gasteiger partial charge on any atom is -0.236 e. The maximum Gasteiger partial charge on any atom is 0.262 e. The van der Waals surface area contributed by atoms with Gasteiger partial charge in [0.25, 0.3) is 5.69 Å². The van der Waals surface area contributed by atoms with Crippen LogP contribution in [0, 0.1) is 0 Å². The van der Waals surface area contributed by atoms with Crippen LogP contribution < -0.4 is 4.74 Å². The number of benzene rings is 2. The zero-order valence-electron chi connectivity index (χ0n) is 10.5. The monoisotopic (exact) mass is 314 g/mol. The van der Waals surface area contributed by atoms with Crippen LogP contribution in [0.4, 0.5) is 0 Å². The Kier molecular flexibility index (Phi) is 3.22. The molecule has 0 saturated carbocycles. The van der Waals surface area contributed by atoms with Crippen LogP contribution in [0.15, 0.2) is 69.7 Å². The minimum absolute atomic E-state index is 0.869. The highest BCUT2D eigenvalue weighted by Crippen LogP contribution is 2.25.